The number of carbonyl (C=O) groups excluding carboxylic acids is 1. The topological polar surface area (TPSA) is 80.9 Å². The fraction of sp³-hybridized carbons (Fsp3) is 0.154. The summed E-state index contributed by atoms with van der Waals surface area (Å²) in [7, 11) is 0. The van der Waals surface area contributed by atoms with Gasteiger partial charge in [0.2, 0.25) is 5.91 Å². The maximum Gasteiger partial charge on any atom is 0.230 e. The molecule has 0 aliphatic rings. The van der Waals surface area contributed by atoms with Gasteiger partial charge in [0.15, 0.2) is 5.13 Å². The van der Waals surface area contributed by atoms with Crippen molar-refractivity contribution in [3.63, 3.8) is 0 Å². The van der Waals surface area contributed by atoms with Gasteiger partial charge in [0.05, 0.1) is 24.0 Å². The van der Waals surface area contributed by atoms with E-state index in [0.29, 0.717) is 11.7 Å². The summed E-state index contributed by atoms with van der Waals surface area (Å²) in [6.45, 7) is 0.306. The molecule has 2 aromatic heterocycles. The lowest BCUT2D eigenvalue weighted by Gasteiger charge is -2.00. The Kier molecular flexibility index (Phi) is 4.61. The highest BCUT2D eigenvalue weighted by molar-refractivity contribution is 7.16. The second-order valence-corrected chi connectivity index (χ2v) is 4.65. The van der Waals surface area contributed by atoms with Crippen LogP contribution in [0.2, 0.25) is 0 Å². The number of pyridine rings is 1. The third-order valence-electron chi connectivity index (χ3n) is 2.15. The van der Waals surface area contributed by atoms with E-state index in [1.165, 1.54) is 11.3 Å². The van der Waals surface area contributed by atoms with Gasteiger partial charge in [0, 0.05) is 12.4 Å². The number of thiazole rings is 1. The molecule has 19 heavy (non-hydrogen) atoms. The Morgan fingerprint density at radius 1 is 1.47 bits per heavy atom. The van der Waals surface area contributed by atoms with E-state index in [9.17, 15) is 4.79 Å². The molecule has 0 aliphatic heterocycles. The molecule has 0 radical (unpaired) electrons. The Labute approximate surface area is 114 Å². The number of nitrogens with one attached hydrogen (secondary N) is 1. The number of anilines is 1. The highest BCUT2D eigenvalue weighted by Crippen LogP contribution is 2.17. The van der Waals surface area contributed by atoms with E-state index in [2.05, 4.69) is 27.1 Å². The van der Waals surface area contributed by atoms with Gasteiger partial charge in [-0.15, -0.1) is 0 Å². The van der Waals surface area contributed by atoms with Gasteiger partial charge in [0.25, 0.3) is 0 Å². The van der Waals surface area contributed by atoms with Crippen molar-refractivity contribution in [1.82, 2.24) is 9.97 Å². The highest BCUT2D eigenvalue weighted by Gasteiger charge is 2.06. The van der Waals surface area contributed by atoms with Crippen LogP contribution < -0.4 is 11.1 Å². The number of nitrogens with zero attached hydrogens (tertiary/aromatic N) is 2. The first-order valence-electron chi connectivity index (χ1n) is 5.61. The Morgan fingerprint density at radius 3 is 3.11 bits per heavy atom. The van der Waals surface area contributed by atoms with Crippen LogP contribution in [-0.2, 0) is 11.2 Å². The van der Waals surface area contributed by atoms with Crippen LogP contribution in [-0.4, -0.2) is 22.4 Å². The number of aromatic nitrogens is 2. The van der Waals surface area contributed by atoms with Crippen molar-refractivity contribution in [3.8, 4) is 11.8 Å². The minimum absolute atomic E-state index is 0.124. The van der Waals surface area contributed by atoms with Crippen LogP contribution in [0.5, 0.6) is 0 Å². The summed E-state index contributed by atoms with van der Waals surface area (Å²) in [6.07, 6.45) is 5.23. The summed E-state index contributed by atoms with van der Waals surface area (Å²) in [4.78, 5) is 20.6. The van der Waals surface area contributed by atoms with E-state index in [-0.39, 0.29) is 12.3 Å². The van der Waals surface area contributed by atoms with Crippen LogP contribution in [0.1, 0.15) is 10.4 Å². The molecule has 0 saturated carbocycles. The van der Waals surface area contributed by atoms with E-state index >= 15 is 0 Å². The first-order chi connectivity index (χ1) is 9.28. The molecule has 1 amide bonds. The SMILES string of the molecule is NCC#Cc1cnc(NC(=O)Cc2cccnc2)s1. The van der Waals surface area contributed by atoms with Crippen LogP contribution in [0.4, 0.5) is 5.13 Å². The van der Waals surface area contributed by atoms with Gasteiger partial charge >= 0.3 is 0 Å². The Balaban J connectivity index is 1.94. The smallest absolute Gasteiger partial charge is 0.230 e. The largest absolute Gasteiger partial charge is 0.320 e. The first-order valence-corrected chi connectivity index (χ1v) is 6.43. The molecule has 2 aromatic rings. The van der Waals surface area contributed by atoms with Gasteiger partial charge in [-0.25, -0.2) is 4.98 Å². The van der Waals surface area contributed by atoms with Crippen molar-refractivity contribution < 1.29 is 4.79 Å². The second kappa shape index (κ2) is 6.64. The molecule has 2 rings (SSSR count). The van der Waals surface area contributed by atoms with Crippen molar-refractivity contribution in [2.75, 3.05) is 11.9 Å². The van der Waals surface area contributed by atoms with Gasteiger partial charge in [-0.05, 0) is 11.6 Å². The summed E-state index contributed by atoms with van der Waals surface area (Å²) >= 11 is 1.32. The molecule has 0 aliphatic carbocycles. The molecule has 2 heterocycles. The molecule has 96 valence electrons. The van der Waals surface area contributed by atoms with E-state index in [1.54, 1.807) is 24.7 Å². The predicted octanol–water partition coefficient (Wildman–Crippen LogP) is 1.03. The van der Waals surface area contributed by atoms with Gasteiger partial charge in [-0.2, -0.15) is 0 Å². The number of hydrogen-bond acceptors (Lipinski definition) is 5. The minimum Gasteiger partial charge on any atom is -0.320 e. The summed E-state index contributed by atoms with van der Waals surface area (Å²) in [6, 6.07) is 3.65. The van der Waals surface area contributed by atoms with Crippen LogP contribution in [0.3, 0.4) is 0 Å². The summed E-state index contributed by atoms with van der Waals surface area (Å²) in [5.74, 6) is 5.48. The highest BCUT2D eigenvalue weighted by atomic mass is 32.1. The maximum absolute atomic E-state index is 11.8. The quantitative estimate of drug-likeness (QED) is 0.818. The molecule has 0 fully saturated rings. The van der Waals surface area contributed by atoms with Gasteiger partial charge < -0.3 is 11.1 Å². The molecule has 5 nitrogen and oxygen atoms in total. The lowest BCUT2D eigenvalue weighted by atomic mass is 10.2. The van der Waals surface area contributed by atoms with Crippen LogP contribution in [0, 0.1) is 11.8 Å². The van der Waals surface area contributed by atoms with E-state index in [0.717, 1.165) is 10.4 Å². The minimum atomic E-state index is -0.124. The average molecular weight is 272 g/mol. The Morgan fingerprint density at radius 2 is 2.37 bits per heavy atom. The molecule has 0 bridgehead atoms. The zero-order valence-electron chi connectivity index (χ0n) is 10.1. The van der Waals surface area contributed by atoms with Gasteiger partial charge in [-0.1, -0.05) is 29.2 Å². The molecule has 0 aromatic carbocycles. The molecular weight excluding hydrogens is 260 g/mol. The van der Waals surface area contributed by atoms with Gasteiger partial charge in [0.1, 0.15) is 0 Å². The molecular formula is C13H12N4OS. The zero-order valence-corrected chi connectivity index (χ0v) is 10.9. The van der Waals surface area contributed by atoms with Crippen molar-refractivity contribution in [1.29, 1.82) is 0 Å². The molecule has 0 atom stereocenters. The molecule has 3 N–H and O–H groups in total. The Bertz CT molecular complexity index is 612. The van der Waals surface area contributed by atoms with E-state index in [1.807, 2.05) is 6.07 Å². The maximum atomic E-state index is 11.8. The van der Waals surface area contributed by atoms with Gasteiger partial charge in [-0.3, -0.25) is 9.78 Å². The van der Waals surface area contributed by atoms with Crippen LogP contribution in [0.25, 0.3) is 0 Å². The normalized spacial score (nSPS) is 9.53. The number of carbonyl (C=O) groups is 1. The average Bonchev–Trinajstić information content (AvgIpc) is 2.85. The lowest BCUT2D eigenvalue weighted by Crippen LogP contribution is -2.14. The summed E-state index contributed by atoms with van der Waals surface area (Å²) in [5, 5.41) is 3.27. The van der Waals surface area contributed by atoms with Crippen LogP contribution in [0.15, 0.2) is 30.7 Å². The fourth-order valence-corrected chi connectivity index (χ4v) is 2.09. The van der Waals surface area contributed by atoms with Crippen molar-refractivity contribution in [2.45, 2.75) is 6.42 Å². The third kappa shape index (κ3) is 4.17. The van der Waals surface area contributed by atoms with E-state index in [4.69, 9.17) is 5.73 Å². The fourth-order valence-electron chi connectivity index (χ4n) is 1.38. The summed E-state index contributed by atoms with van der Waals surface area (Å²) < 4.78 is 0. The number of hydrogen-bond donors (Lipinski definition) is 2. The predicted molar refractivity (Wildman–Crippen MR) is 74.6 cm³/mol. The van der Waals surface area contributed by atoms with Crippen molar-refractivity contribution in [3.05, 3.63) is 41.2 Å². The Hall–Kier alpha value is -2.23. The molecule has 0 saturated heterocycles. The standard InChI is InChI=1S/C13H12N4OS/c14-5-1-4-11-9-16-13(19-11)17-12(18)7-10-3-2-6-15-8-10/h2-3,6,8-9H,5,7,14H2,(H,16,17,18). The number of amides is 1. The summed E-state index contributed by atoms with van der Waals surface area (Å²) in [5.41, 5.74) is 6.15. The monoisotopic (exact) mass is 272 g/mol. The molecule has 0 spiro atoms. The first kappa shape index (κ1) is 13.2. The number of rotatable bonds is 3. The lowest BCUT2D eigenvalue weighted by molar-refractivity contribution is -0.115. The van der Waals surface area contributed by atoms with Crippen LogP contribution >= 0.6 is 11.3 Å². The zero-order chi connectivity index (χ0) is 13.5. The third-order valence-corrected chi connectivity index (χ3v) is 2.98. The van der Waals surface area contributed by atoms with Crippen molar-refractivity contribution in [2.24, 2.45) is 5.73 Å². The second-order valence-electron chi connectivity index (χ2n) is 3.62. The molecule has 6 heteroatoms. The van der Waals surface area contributed by atoms with E-state index < -0.39 is 0 Å². The van der Waals surface area contributed by atoms with Crippen molar-refractivity contribution >= 4 is 22.4 Å². The number of nitrogens with two attached hydrogens (primary N) is 1. The molecule has 0 unspecified atom stereocenters.